The van der Waals surface area contributed by atoms with Gasteiger partial charge in [0.2, 0.25) is 0 Å². The zero-order valence-corrected chi connectivity index (χ0v) is 6.03. The van der Waals surface area contributed by atoms with E-state index in [-0.39, 0.29) is 0 Å². The van der Waals surface area contributed by atoms with Crippen LogP contribution in [-0.4, -0.2) is 11.2 Å². The number of nitrogens with zero attached hydrogens (tertiary/aromatic N) is 2. The molecule has 0 aliphatic carbocycles. The molecule has 0 aliphatic heterocycles. The predicted octanol–water partition coefficient (Wildman–Crippen LogP) is 1.28. The van der Waals surface area contributed by atoms with Gasteiger partial charge in [0, 0.05) is 6.20 Å². The van der Waals surface area contributed by atoms with Gasteiger partial charge in [-0.15, -0.1) is 0 Å². The van der Waals surface area contributed by atoms with E-state index >= 15 is 0 Å². The molecule has 0 saturated heterocycles. The van der Waals surface area contributed by atoms with Crippen LogP contribution in [0.1, 0.15) is 5.69 Å². The number of oxime groups is 1. The Morgan fingerprint density at radius 3 is 3.10 bits per heavy atom. The zero-order valence-electron chi connectivity index (χ0n) is 5.14. The van der Waals surface area contributed by atoms with Gasteiger partial charge in [0.15, 0.2) is 0 Å². The standard InChI is InChI=1S/C6H6N2OS/c10-9-8-5-6-3-1-2-4-7-6/h1-5,10H/b8-5+. The van der Waals surface area contributed by atoms with E-state index < -0.39 is 0 Å². The van der Waals surface area contributed by atoms with Gasteiger partial charge < -0.3 is 4.28 Å². The summed E-state index contributed by atoms with van der Waals surface area (Å²) in [5.74, 6) is 0. The normalized spacial score (nSPS) is 10.1. The van der Waals surface area contributed by atoms with Crippen LogP contribution < -0.4 is 0 Å². The van der Waals surface area contributed by atoms with Crippen LogP contribution in [0.3, 0.4) is 0 Å². The van der Waals surface area contributed by atoms with Crippen molar-refractivity contribution in [1.82, 2.24) is 4.98 Å². The van der Waals surface area contributed by atoms with Crippen LogP contribution in [0.2, 0.25) is 0 Å². The summed E-state index contributed by atoms with van der Waals surface area (Å²) in [5.41, 5.74) is 0.747. The van der Waals surface area contributed by atoms with Crippen LogP contribution in [0.5, 0.6) is 0 Å². The molecular formula is C6H6N2OS. The van der Waals surface area contributed by atoms with Crippen LogP contribution in [0.4, 0.5) is 0 Å². The van der Waals surface area contributed by atoms with Crippen molar-refractivity contribution in [2.45, 2.75) is 0 Å². The van der Waals surface area contributed by atoms with E-state index in [1.54, 1.807) is 6.20 Å². The number of hydrogen-bond donors (Lipinski definition) is 1. The number of rotatable bonds is 2. The first kappa shape index (κ1) is 7.08. The fourth-order valence-corrected chi connectivity index (χ4v) is 0.577. The lowest BCUT2D eigenvalue weighted by molar-refractivity contribution is 0.417. The summed E-state index contributed by atoms with van der Waals surface area (Å²) in [6.07, 6.45) is 3.16. The minimum absolute atomic E-state index is 0.747. The maximum Gasteiger partial charge on any atom is 0.0934 e. The summed E-state index contributed by atoms with van der Waals surface area (Å²) < 4.78 is 4.17. The van der Waals surface area contributed by atoms with E-state index in [0.717, 1.165) is 5.69 Å². The summed E-state index contributed by atoms with van der Waals surface area (Å²) in [6, 6.07) is 5.52. The number of pyridine rings is 1. The van der Waals surface area contributed by atoms with E-state index in [1.807, 2.05) is 18.2 Å². The summed E-state index contributed by atoms with van der Waals surface area (Å²) in [4.78, 5) is 3.95. The highest BCUT2D eigenvalue weighted by atomic mass is 32.1. The molecule has 0 radical (unpaired) electrons. The number of thiol groups is 1. The van der Waals surface area contributed by atoms with Gasteiger partial charge in [-0.3, -0.25) is 4.98 Å². The monoisotopic (exact) mass is 154 g/mol. The van der Waals surface area contributed by atoms with Gasteiger partial charge in [-0.25, -0.2) is 0 Å². The molecule has 1 aromatic heterocycles. The van der Waals surface area contributed by atoms with E-state index in [4.69, 9.17) is 0 Å². The molecule has 0 aromatic carbocycles. The fraction of sp³-hybridized carbons (Fsp3) is 0. The molecule has 0 bridgehead atoms. The number of hydrogen-bond acceptors (Lipinski definition) is 4. The van der Waals surface area contributed by atoms with Crippen molar-refractivity contribution in [3.05, 3.63) is 30.1 Å². The Labute approximate surface area is 64.3 Å². The molecule has 10 heavy (non-hydrogen) atoms. The Morgan fingerprint density at radius 1 is 1.60 bits per heavy atom. The van der Waals surface area contributed by atoms with E-state index in [0.29, 0.717) is 0 Å². The average Bonchev–Trinajstić information content (AvgIpc) is 2.03. The van der Waals surface area contributed by atoms with Crippen molar-refractivity contribution >= 4 is 19.1 Å². The number of aromatic nitrogens is 1. The fourth-order valence-electron chi connectivity index (χ4n) is 0.530. The third kappa shape index (κ3) is 2.06. The zero-order chi connectivity index (χ0) is 7.23. The molecule has 0 N–H and O–H groups in total. The third-order valence-corrected chi connectivity index (χ3v) is 1.01. The van der Waals surface area contributed by atoms with Crippen molar-refractivity contribution in [2.24, 2.45) is 5.16 Å². The topological polar surface area (TPSA) is 34.5 Å². The van der Waals surface area contributed by atoms with Gasteiger partial charge in [-0.1, -0.05) is 11.2 Å². The van der Waals surface area contributed by atoms with E-state index in [1.165, 1.54) is 6.21 Å². The minimum atomic E-state index is 0.747. The molecule has 4 heteroatoms. The van der Waals surface area contributed by atoms with Crippen molar-refractivity contribution in [2.75, 3.05) is 0 Å². The predicted molar refractivity (Wildman–Crippen MR) is 41.9 cm³/mol. The molecule has 1 heterocycles. The average molecular weight is 154 g/mol. The van der Waals surface area contributed by atoms with Gasteiger partial charge in [0.05, 0.1) is 24.8 Å². The summed E-state index contributed by atoms with van der Waals surface area (Å²) in [6.45, 7) is 0. The molecule has 3 nitrogen and oxygen atoms in total. The Kier molecular flexibility index (Phi) is 2.76. The molecular weight excluding hydrogens is 148 g/mol. The minimum Gasteiger partial charge on any atom is -0.325 e. The smallest absolute Gasteiger partial charge is 0.0934 e. The second kappa shape index (κ2) is 3.90. The Hall–Kier alpha value is -1.03. The molecule has 52 valence electrons. The maximum atomic E-state index is 4.17. The second-order valence-corrected chi connectivity index (χ2v) is 1.73. The summed E-state index contributed by atoms with van der Waals surface area (Å²) in [5, 5.41) is 3.42. The molecule has 0 spiro atoms. The lowest BCUT2D eigenvalue weighted by Crippen LogP contribution is -1.83. The first-order valence-corrected chi connectivity index (χ1v) is 3.05. The largest absolute Gasteiger partial charge is 0.325 e. The third-order valence-electron chi connectivity index (χ3n) is 0.920. The van der Waals surface area contributed by atoms with Crippen molar-refractivity contribution in [3.8, 4) is 0 Å². The van der Waals surface area contributed by atoms with E-state index in [2.05, 4.69) is 27.3 Å². The highest BCUT2D eigenvalue weighted by Gasteiger charge is 1.82. The first-order chi connectivity index (χ1) is 4.93. The lowest BCUT2D eigenvalue weighted by Gasteiger charge is -1.86. The molecule has 0 aliphatic rings. The van der Waals surface area contributed by atoms with Crippen molar-refractivity contribution in [1.29, 1.82) is 0 Å². The van der Waals surface area contributed by atoms with Crippen LogP contribution in [0.15, 0.2) is 29.6 Å². The quantitative estimate of drug-likeness (QED) is 0.301. The van der Waals surface area contributed by atoms with Gasteiger partial charge in [-0.2, -0.15) is 0 Å². The summed E-state index contributed by atoms with van der Waals surface area (Å²) in [7, 11) is 0. The Bertz CT molecular complexity index is 212. The van der Waals surface area contributed by atoms with Crippen LogP contribution in [0.25, 0.3) is 0 Å². The molecule has 1 rings (SSSR count). The van der Waals surface area contributed by atoms with Gasteiger partial charge >= 0.3 is 0 Å². The van der Waals surface area contributed by atoms with Crippen LogP contribution in [-0.2, 0) is 4.28 Å². The summed E-state index contributed by atoms with van der Waals surface area (Å²) >= 11 is 3.43. The highest BCUT2D eigenvalue weighted by Crippen LogP contribution is 1.88. The van der Waals surface area contributed by atoms with Crippen LogP contribution in [0, 0.1) is 0 Å². The molecule has 0 fully saturated rings. The van der Waals surface area contributed by atoms with Crippen LogP contribution >= 0.6 is 12.9 Å². The lowest BCUT2D eigenvalue weighted by atomic mass is 10.4. The van der Waals surface area contributed by atoms with Gasteiger partial charge in [0.1, 0.15) is 0 Å². The SMILES string of the molecule is SO/N=C/c1ccccn1. The molecule has 0 saturated carbocycles. The van der Waals surface area contributed by atoms with Gasteiger partial charge in [0.25, 0.3) is 0 Å². The van der Waals surface area contributed by atoms with Gasteiger partial charge in [-0.05, 0) is 12.1 Å². The highest BCUT2D eigenvalue weighted by molar-refractivity contribution is 7.75. The van der Waals surface area contributed by atoms with Crippen molar-refractivity contribution in [3.63, 3.8) is 0 Å². The Morgan fingerprint density at radius 2 is 2.50 bits per heavy atom. The molecule has 0 unspecified atom stereocenters. The molecule has 0 amide bonds. The second-order valence-electron chi connectivity index (χ2n) is 1.57. The first-order valence-electron chi connectivity index (χ1n) is 2.68. The molecule has 1 aromatic rings. The molecule has 0 atom stereocenters. The Balaban J connectivity index is 2.67. The van der Waals surface area contributed by atoms with E-state index in [9.17, 15) is 0 Å². The maximum absolute atomic E-state index is 4.17. The van der Waals surface area contributed by atoms with Crippen molar-refractivity contribution < 1.29 is 4.28 Å².